The van der Waals surface area contributed by atoms with Crippen LogP contribution in [0.3, 0.4) is 0 Å². The van der Waals surface area contributed by atoms with Crippen LogP contribution in [-0.2, 0) is 9.59 Å². The Morgan fingerprint density at radius 3 is 2.85 bits per heavy atom. The molecule has 1 amide bonds. The van der Waals surface area contributed by atoms with Crippen LogP contribution in [0.2, 0.25) is 0 Å². The Balaban J connectivity index is 3.62. The minimum absolute atomic E-state index is 0.414. The largest absolute Gasteiger partial charge is 0.480 e. The summed E-state index contributed by atoms with van der Waals surface area (Å²) in [6, 6.07) is -0.769. The summed E-state index contributed by atoms with van der Waals surface area (Å²) in [6.07, 6.45) is 2.61. The fraction of sp³-hybridized carbons (Fsp3) is 0.500. The molecule has 0 spiro atoms. The molecule has 0 aliphatic rings. The van der Waals surface area contributed by atoms with E-state index in [0.717, 1.165) is 5.75 Å². The number of carbonyl (C=O) groups is 2. The quantitative estimate of drug-likeness (QED) is 0.342. The van der Waals surface area contributed by atoms with E-state index in [4.69, 9.17) is 5.11 Å². The van der Waals surface area contributed by atoms with E-state index < -0.39 is 12.0 Å². The van der Waals surface area contributed by atoms with Gasteiger partial charge in [0.15, 0.2) is 0 Å². The van der Waals surface area contributed by atoms with Crippen molar-refractivity contribution in [2.24, 2.45) is 0 Å². The number of carbonyl (C=O) groups excluding carboxylic acids is 1. The second-order valence-electron chi connectivity index (χ2n) is 2.33. The minimum Gasteiger partial charge on any atom is -0.480 e. The van der Waals surface area contributed by atoms with E-state index in [0.29, 0.717) is 18.6 Å². The van der Waals surface area contributed by atoms with Crippen molar-refractivity contribution in [2.45, 2.75) is 12.5 Å². The summed E-state index contributed by atoms with van der Waals surface area (Å²) >= 11 is 1.59. The predicted molar refractivity (Wildman–Crippen MR) is 52.8 cm³/mol. The van der Waals surface area contributed by atoms with Crippen LogP contribution in [0.4, 0.5) is 0 Å². The Hall–Kier alpha value is -0.970. The van der Waals surface area contributed by atoms with Gasteiger partial charge >= 0.3 is 5.97 Å². The van der Waals surface area contributed by atoms with Crippen LogP contribution in [0.15, 0.2) is 12.7 Å². The maximum atomic E-state index is 10.5. The molecule has 1 atom stereocenters. The number of carboxylic acids is 1. The van der Waals surface area contributed by atoms with Gasteiger partial charge in [0.2, 0.25) is 6.41 Å². The lowest BCUT2D eigenvalue weighted by atomic mass is 10.2. The monoisotopic (exact) mass is 203 g/mol. The van der Waals surface area contributed by atoms with E-state index in [1.165, 1.54) is 0 Å². The van der Waals surface area contributed by atoms with Gasteiger partial charge in [-0.3, -0.25) is 4.79 Å². The molecule has 0 fully saturated rings. The Bertz CT molecular complexity index is 184. The van der Waals surface area contributed by atoms with Gasteiger partial charge in [-0.1, -0.05) is 6.08 Å². The maximum absolute atomic E-state index is 10.5. The smallest absolute Gasteiger partial charge is 0.326 e. The normalized spacial score (nSPS) is 11.7. The standard InChI is InChI=1S/C8H13NO3S/c1-2-4-13-5-3-7(8(11)12)9-6-10/h2,6-7H,1,3-5H2,(H,9,10)(H,11,12). The second-order valence-corrected chi connectivity index (χ2v) is 3.48. The molecule has 2 N–H and O–H groups in total. The van der Waals surface area contributed by atoms with E-state index in [1.807, 2.05) is 0 Å². The van der Waals surface area contributed by atoms with Crippen molar-refractivity contribution in [1.82, 2.24) is 5.32 Å². The molecule has 0 rings (SSSR count). The lowest BCUT2D eigenvalue weighted by Crippen LogP contribution is -2.36. The Kier molecular flexibility index (Phi) is 7.10. The zero-order chi connectivity index (χ0) is 10.1. The summed E-state index contributed by atoms with van der Waals surface area (Å²) in [7, 11) is 0. The topological polar surface area (TPSA) is 66.4 Å². The molecule has 0 aliphatic carbocycles. The van der Waals surface area contributed by atoms with Gasteiger partial charge in [0.25, 0.3) is 0 Å². The van der Waals surface area contributed by atoms with Gasteiger partial charge in [0.05, 0.1) is 0 Å². The van der Waals surface area contributed by atoms with Crippen LogP contribution in [0.1, 0.15) is 6.42 Å². The minimum atomic E-state index is -0.994. The Labute approximate surface area is 81.4 Å². The summed E-state index contributed by atoms with van der Waals surface area (Å²) < 4.78 is 0. The number of hydrogen-bond acceptors (Lipinski definition) is 3. The van der Waals surface area contributed by atoms with E-state index in [9.17, 15) is 9.59 Å². The van der Waals surface area contributed by atoms with Crippen molar-refractivity contribution in [3.63, 3.8) is 0 Å². The highest BCUT2D eigenvalue weighted by atomic mass is 32.2. The Morgan fingerprint density at radius 1 is 1.69 bits per heavy atom. The molecule has 0 aliphatic heterocycles. The first-order chi connectivity index (χ1) is 6.22. The van der Waals surface area contributed by atoms with Gasteiger partial charge in [0, 0.05) is 5.75 Å². The summed E-state index contributed by atoms with van der Waals surface area (Å²) in [6.45, 7) is 3.54. The lowest BCUT2D eigenvalue weighted by Gasteiger charge is -2.09. The SMILES string of the molecule is C=CCSCCC(NC=O)C(=O)O. The number of hydrogen-bond donors (Lipinski definition) is 2. The van der Waals surface area contributed by atoms with Gasteiger partial charge in [-0.05, 0) is 12.2 Å². The molecule has 0 heterocycles. The molecule has 0 aromatic carbocycles. The van der Waals surface area contributed by atoms with Gasteiger partial charge in [-0.15, -0.1) is 6.58 Å². The van der Waals surface area contributed by atoms with E-state index in [2.05, 4.69) is 11.9 Å². The molecule has 4 nitrogen and oxygen atoms in total. The van der Waals surface area contributed by atoms with Gasteiger partial charge in [0.1, 0.15) is 6.04 Å². The van der Waals surface area contributed by atoms with Crippen molar-refractivity contribution in [3.05, 3.63) is 12.7 Å². The number of aliphatic carboxylic acids is 1. The first-order valence-electron chi connectivity index (χ1n) is 3.83. The molecule has 1 unspecified atom stereocenters. The molecule has 0 radical (unpaired) electrons. The highest BCUT2D eigenvalue weighted by Crippen LogP contribution is 2.04. The molecule has 5 heteroatoms. The molecule has 0 aromatic heterocycles. The predicted octanol–water partition coefficient (Wildman–Crippen LogP) is 0.495. The number of nitrogens with one attached hydrogen (secondary N) is 1. The van der Waals surface area contributed by atoms with Crippen LogP contribution < -0.4 is 5.32 Å². The number of carboxylic acid groups (broad SMARTS) is 1. The third-order valence-corrected chi connectivity index (χ3v) is 2.35. The zero-order valence-corrected chi connectivity index (χ0v) is 8.05. The van der Waals surface area contributed by atoms with Gasteiger partial charge in [-0.25, -0.2) is 4.79 Å². The molecular weight excluding hydrogens is 190 g/mol. The zero-order valence-electron chi connectivity index (χ0n) is 7.23. The molecule has 0 saturated heterocycles. The first-order valence-corrected chi connectivity index (χ1v) is 4.99. The number of thioether (sulfide) groups is 1. The van der Waals surface area contributed by atoms with E-state index in [-0.39, 0.29) is 0 Å². The van der Waals surface area contributed by atoms with E-state index in [1.54, 1.807) is 17.8 Å². The third-order valence-electron chi connectivity index (χ3n) is 1.35. The van der Waals surface area contributed by atoms with Crippen molar-refractivity contribution < 1.29 is 14.7 Å². The highest BCUT2D eigenvalue weighted by Gasteiger charge is 2.14. The summed E-state index contributed by atoms with van der Waals surface area (Å²) in [4.78, 5) is 20.5. The molecule has 13 heavy (non-hydrogen) atoms. The number of rotatable bonds is 8. The lowest BCUT2D eigenvalue weighted by molar-refractivity contribution is -0.140. The Morgan fingerprint density at radius 2 is 2.38 bits per heavy atom. The highest BCUT2D eigenvalue weighted by molar-refractivity contribution is 7.99. The van der Waals surface area contributed by atoms with E-state index >= 15 is 0 Å². The molecule has 0 aromatic rings. The molecule has 74 valence electrons. The third kappa shape index (κ3) is 6.21. The van der Waals surface area contributed by atoms with Crippen LogP contribution in [0.5, 0.6) is 0 Å². The number of amides is 1. The summed E-state index contributed by atoms with van der Waals surface area (Å²) in [5.41, 5.74) is 0. The summed E-state index contributed by atoms with van der Waals surface area (Å²) in [5.74, 6) is 0.503. The van der Waals surface area contributed by atoms with Crippen LogP contribution >= 0.6 is 11.8 Å². The average Bonchev–Trinajstić information content (AvgIpc) is 2.10. The molecule has 0 saturated carbocycles. The van der Waals surface area contributed by atoms with Gasteiger partial charge in [-0.2, -0.15) is 11.8 Å². The van der Waals surface area contributed by atoms with Crippen molar-refractivity contribution in [3.8, 4) is 0 Å². The fourth-order valence-corrected chi connectivity index (χ4v) is 1.46. The van der Waals surface area contributed by atoms with Crippen molar-refractivity contribution >= 4 is 24.1 Å². The van der Waals surface area contributed by atoms with Crippen molar-refractivity contribution in [2.75, 3.05) is 11.5 Å². The first kappa shape index (κ1) is 12.0. The fourth-order valence-electron chi connectivity index (χ4n) is 0.728. The average molecular weight is 203 g/mol. The van der Waals surface area contributed by atoms with Crippen LogP contribution in [-0.4, -0.2) is 35.0 Å². The van der Waals surface area contributed by atoms with Crippen molar-refractivity contribution in [1.29, 1.82) is 0 Å². The van der Waals surface area contributed by atoms with Crippen LogP contribution in [0.25, 0.3) is 0 Å². The van der Waals surface area contributed by atoms with Crippen LogP contribution in [0, 0.1) is 0 Å². The molecule has 0 bridgehead atoms. The molecular formula is C8H13NO3S. The van der Waals surface area contributed by atoms with Gasteiger partial charge < -0.3 is 10.4 Å². The second kappa shape index (κ2) is 7.67. The maximum Gasteiger partial charge on any atom is 0.326 e. The summed E-state index contributed by atoms with van der Waals surface area (Å²) in [5, 5.41) is 10.8.